The molecule has 0 saturated carbocycles. The minimum atomic E-state index is 0.00768. The topological polar surface area (TPSA) is 59.0 Å². The average Bonchev–Trinajstić information content (AvgIpc) is 2.61. The van der Waals surface area contributed by atoms with E-state index in [-0.39, 0.29) is 11.7 Å². The van der Waals surface area contributed by atoms with Gasteiger partial charge < -0.3 is 4.90 Å². The molecule has 120 valence electrons. The van der Waals surface area contributed by atoms with Gasteiger partial charge in [0, 0.05) is 55.1 Å². The summed E-state index contributed by atoms with van der Waals surface area (Å²) in [7, 11) is 0. The van der Waals surface area contributed by atoms with E-state index in [2.05, 4.69) is 26.8 Å². The Hall–Kier alpha value is -2.30. The van der Waals surface area contributed by atoms with Gasteiger partial charge in [0.25, 0.3) is 0 Å². The molecule has 0 spiro atoms. The Morgan fingerprint density at radius 3 is 3.00 bits per heavy atom. The number of nitrogens with zero attached hydrogens (tertiary/aromatic N) is 4. The molecule has 5 heteroatoms. The largest absolute Gasteiger partial charge is 0.356 e. The summed E-state index contributed by atoms with van der Waals surface area (Å²) in [6, 6.07) is 5.67. The molecule has 0 amide bonds. The molecule has 0 aliphatic carbocycles. The third kappa shape index (κ3) is 3.55. The Morgan fingerprint density at radius 2 is 2.26 bits per heavy atom. The summed E-state index contributed by atoms with van der Waals surface area (Å²) in [5, 5.41) is 0. The second-order valence-corrected chi connectivity index (χ2v) is 6.03. The van der Waals surface area contributed by atoms with Crippen LogP contribution in [0, 0.1) is 12.8 Å². The van der Waals surface area contributed by atoms with Crippen LogP contribution in [0.4, 0.5) is 5.82 Å². The van der Waals surface area contributed by atoms with Gasteiger partial charge in [0.05, 0.1) is 0 Å². The highest BCUT2D eigenvalue weighted by Gasteiger charge is 2.27. The molecular formula is C18H22N4O. The minimum absolute atomic E-state index is 0.00768. The maximum atomic E-state index is 12.7. The van der Waals surface area contributed by atoms with Crippen LogP contribution in [-0.4, -0.2) is 33.8 Å². The van der Waals surface area contributed by atoms with E-state index in [9.17, 15) is 4.79 Å². The number of Topliss-reactive ketones (excluding diaryl/α,β-unsaturated/α-hetero) is 1. The summed E-state index contributed by atoms with van der Waals surface area (Å²) in [5.74, 6) is 2.00. The minimum Gasteiger partial charge on any atom is -0.356 e. The van der Waals surface area contributed by atoms with Crippen LogP contribution in [-0.2, 0) is 6.42 Å². The fourth-order valence-corrected chi connectivity index (χ4v) is 3.08. The Balaban J connectivity index is 1.78. The molecule has 3 rings (SSSR count). The highest BCUT2D eigenvalue weighted by Crippen LogP contribution is 2.24. The first kappa shape index (κ1) is 15.6. The molecule has 2 aromatic rings. The molecule has 1 aliphatic rings. The monoisotopic (exact) mass is 310 g/mol. The maximum Gasteiger partial charge on any atom is 0.169 e. The molecular weight excluding hydrogens is 288 g/mol. The molecule has 0 bridgehead atoms. The molecule has 1 aliphatic heterocycles. The summed E-state index contributed by atoms with van der Waals surface area (Å²) in [6.07, 6.45) is 6.10. The molecule has 0 N–H and O–H groups in total. The van der Waals surface area contributed by atoms with E-state index in [0.29, 0.717) is 12.1 Å². The van der Waals surface area contributed by atoms with Gasteiger partial charge in [-0.3, -0.25) is 9.78 Å². The molecule has 5 nitrogen and oxygen atoms in total. The number of aryl methyl sites for hydroxylation is 2. The lowest BCUT2D eigenvalue weighted by atomic mass is 9.90. The van der Waals surface area contributed by atoms with E-state index < -0.39 is 0 Å². The zero-order chi connectivity index (χ0) is 16.2. The molecule has 23 heavy (non-hydrogen) atoms. The summed E-state index contributed by atoms with van der Waals surface area (Å²) >= 11 is 0. The van der Waals surface area contributed by atoms with Crippen LogP contribution < -0.4 is 4.90 Å². The van der Waals surface area contributed by atoms with Gasteiger partial charge in [-0.2, -0.15) is 0 Å². The van der Waals surface area contributed by atoms with Crippen molar-refractivity contribution in [2.75, 3.05) is 18.0 Å². The Kier molecular flexibility index (Phi) is 4.65. The van der Waals surface area contributed by atoms with Crippen molar-refractivity contribution < 1.29 is 4.79 Å². The number of carbonyl (C=O) groups is 1. The SMILES string of the molecule is CCc1nc(C)cc(N2CCC[C@@H](C(=O)c3cccnc3)C2)n1. The zero-order valence-corrected chi connectivity index (χ0v) is 13.7. The molecule has 1 saturated heterocycles. The fourth-order valence-electron chi connectivity index (χ4n) is 3.08. The first-order valence-electron chi connectivity index (χ1n) is 8.21. The van der Waals surface area contributed by atoms with E-state index in [0.717, 1.165) is 43.1 Å². The molecule has 2 aromatic heterocycles. The lowest BCUT2D eigenvalue weighted by Crippen LogP contribution is -2.39. The number of hydrogen-bond donors (Lipinski definition) is 0. The van der Waals surface area contributed by atoms with Crippen LogP contribution in [0.25, 0.3) is 0 Å². The van der Waals surface area contributed by atoms with Gasteiger partial charge in [-0.05, 0) is 31.9 Å². The number of ketones is 1. The number of anilines is 1. The Bertz CT molecular complexity index is 687. The van der Waals surface area contributed by atoms with Crippen LogP contribution in [0.3, 0.4) is 0 Å². The molecule has 3 heterocycles. The van der Waals surface area contributed by atoms with Gasteiger partial charge in [0.1, 0.15) is 11.6 Å². The smallest absolute Gasteiger partial charge is 0.169 e. The average molecular weight is 310 g/mol. The first-order valence-corrected chi connectivity index (χ1v) is 8.21. The normalized spacial score (nSPS) is 18.0. The second-order valence-electron chi connectivity index (χ2n) is 6.03. The van der Waals surface area contributed by atoms with Crippen molar-refractivity contribution in [2.24, 2.45) is 5.92 Å². The lowest BCUT2D eigenvalue weighted by Gasteiger charge is -2.33. The number of pyridine rings is 1. The summed E-state index contributed by atoms with van der Waals surface area (Å²) in [4.78, 5) is 28.0. The van der Waals surface area contributed by atoms with Crippen molar-refractivity contribution in [2.45, 2.75) is 33.1 Å². The standard InChI is InChI=1S/C18H22N4O/c1-3-16-20-13(2)10-17(21-16)22-9-5-7-15(12-22)18(23)14-6-4-8-19-11-14/h4,6,8,10-11,15H,3,5,7,9,12H2,1-2H3/t15-/m1/s1. The van der Waals surface area contributed by atoms with E-state index in [1.807, 2.05) is 25.1 Å². The Morgan fingerprint density at radius 1 is 1.39 bits per heavy atom. The van der Waals surface area contributed by atoms with Crippen molar-refractivity contribution >= 4 is 11.6 Å². The molecule has 0 radical (unpaired) electrons. The summed E-state index contributed by atoms with van der Waals surface area (Å²) in [6.45, 7) is 5.71. The molecule has 1 atom stereocenters. The van der Waals surface area contributed by atoms with Gasteiger partial charge in [-0.1, -0.05) is 6.92 Å². The third-order valence-corrected chi connectivity index (χ3v) is 4.27. The van der Waals surface area contributed by atoms with Gasteiger partial charge in [0.2, 0.25) is 0 Å². The van der Waals surface area contributed by atoms with Crippen LogP contribution >= 0.6 is 0 Å². The van der Waals surface area contributed by atoms with Crippen LogP contribution in [0.5, 0.6) is 0 Å². The predicted octanol–water partition coefficient (Wildman–Crippen LogP) is 2.84. The summed E-state index contributed by atoms with van der Waals surface area (Å²) < 4.78 is 0. The van der Waals surface area contributed by atoms with Crippen molar-refractivity contribution in [3.63, 3.8) is 0 Å². The van der Waals surface area contributed by atoms with Gasteiger partial charge in [-0.25, -0.2) is 9.97 Å². The van der Waals surface area contributed by atoms with Gasteiger partial charge in [0.15, 0.2) is 5.78 Å². The van der Waals surface area contributed by atoms with Crippen LogP contribution in [0.15, 0.2) is 30.6 Å². The van der Waals surface area contributed by atoms with Crippen molar-refractivity contribution in [3.8, 4) is 0 Å². The molecule has 1 fully saturated rings. The summed E-state index contributed by atoms with van der Waals surface area (Å²) in [5.41, 5.74) is 1.68. The number of rotatable bonds is 4. The first-order chi connectivity index (χ1) is 11.2. The highest BCUT2D eigenvalue weighted by atomic mass is 16.1. The number of hydrogen-bond acceptors (Lipinski definition) is 5. The van der Waals surface area contributed by atoms with Crippen molar-refractivity contribution in [1.29, 1.82) is 0 Å². The van der Waals surface area contributed by atoms with E-state index >= 15 is 0 Å². The van der Waals surface area contributed by atoms with E-state index in [4.69, 9.17) is 0 Å². The maximum absolute atomic E-state index is 12.7. The highest BCUT2D eigenvalue weighted by molar-refractivity contribution is 5.98. The fraction of sp³-hybridized carbons (Fsp3) is 0.444. The molecule has 0 unspecified atom stereocenters. The zero-order valence-electron chi connectivity index (χ0n) is 13.7. The third-order valence-electron chi connectivity index (χ3n) is 4.27. The van der Waals surface area contributed by atoms with E-state index in [1.165, 1.54) is 0 Å². The predicted molar refractivity (Wildman–Crippen MR) is 89.7 cm³/mol. The van der Waals surface area contributed by atoms with Crippen molar-refractivity contribution in [1.82, 2.24) is 15.0 Å². The van der Waals surface area contributed by atoms with Crippen LogP contribution in [0.2, 0.25) is 0 Å². The van der Waals surface area contributed by atoms with Gasteiger partial charge >= 0.3 is 0 Å². The molecule has 0 aromatic carbocycles. The number of piperidine rings is 1. The lowest BCUT2D eigenvalue weighted by molar-refractivity contribution is 0.0906. The van der Waals surface area contributed by atoms with Crippen molar-refractivity contribution in [3.05, 3.63) is 47.7 Å². The number of carbonyl (C=O) groups excluding carboxylic acids is 1. The van der Waals surface area contributed by atoms with Gasteiger partial charge in [-0.15, -0.1) is 0 Å². The van der Waals surface area contributed by atoms with E-state index in [1.54, 1.807) is 12.4 Å². The second kappa shape index (κ2) is 6.86. The van der Waals surface area contributed by atoms with Crippen LogP contribution in [0.1, 0.15) is 41.6 Å². The number of aromatic nitrogens is 3. The quantitative estimate of drug-likeness (QED) is 0.813. The Labute approximate surface area is 136 Å².